The van der Waals surface area contributed by atoms with E-state index in [2.05, 4.69) is 39.9 Å². The summed E-state index contributed by atoms with van der Waals surface area (Å²) in [6.45, 7) is 5.76. The summed E-state index contributed by atoms with van der Waals surface area (Å²) in [7, 11) is 5.80. The molecule has 0 saturated carbocycles. The lowest BCUT2D eigenvalue weighted by Gasteiger charge is -2.24. The van der Waals surface area contributed by atoms with Crippen molar-refractivity contribution in [1.82, 2.24) is 14.7 Å². The summed E-state index contributed by atoms with van der Waals surface area (Å²) in [5.41, 5.74) is 2.23. The first kappa shape index (κ1) is 13.7. The lowest BCUT2D eigenvalue weighted by atomic mass is 10.3. The van der Waals surface area contributed by atoms with Crippen molar-refractivity contribution in [1.29, 1.82) is 0 Å². The quantitative estimate of drug-likeness (QED) is 0.830. The van der Waals surface area contributed by atoms with Gasteiger partial charge in [-0.2, -0.15) is 5.10 Å². The molecule has 0 bridgehead atoms. The minimum absolute atomic E-state index is 0.395. The van der Waals surface area contributed by atoms with Crippen LogP contribution in [0.3, 0.4) is 0 Å². The predicted molar refractivity (Wildman–Crippen MR) is 68.5 cm³/mol. The Morgan fingerprint density at radius 3 is 2.62 bits per heavy atom. The SMILES string of the molecule is COCC(C)N(C)Cc1c(Br)c(C)nn1C. The van der Waals surface area contributed by atoms with Gasteiger partial charge in [-0.3, -0.25) is 9.58 Å². The van der Waals surface area contributed by atoms with E-state index in [0.717, 1.165) is 23.3 Å². The fourth-order valence-corrected chi connectivity index (χ4v) is 2.07. The molecular formula is C11H20BrN3O. The Kier molecular flexibility index (Phi) is 4.95. The number of rotatable bonds is 5. The number of hydrogen-bond acceptors (Lipinski definition) is 3. The van der Waals surface area contributed by atoms with E-state index in [9.17, 15) is 0 Å². The van der Waals surface area contributed by atoms with Gasteiger partial charge in [0, 0.05) is 26.7 Å². The normalized spacial score (nSPS) is 13.4. The van der Waals surface area contributed by atoms with E-state index < -0.39 is 0 Å². The van der Waals surface area contributed by atoms with Gasteiger partial charge in [-0.15, -0.1) is 0 Å². The first-order chi connectivity index (χ1) is 7.47. The van der Waals surface area contributed by atoms with E-state index in [1.165, 1.54) is 5.69 Å². The van der Waals surface area contributed by atoms with Crippen LogP contribution in [0.1, 0.15) is 18.3 Å². The largest absolute Gasteiger partial charge is 0.383 e. The van der Waals surface area contributed by atoms with Crippen LogP contribution in [0.2, 0.25) is 0 Å². The lowest BCUT2D eigenvalue weighted by Crippen LogP contribution is -2.32. The van der Waals surface area contributed by atoms with Gasteiger partial charge in [-0.05, 0) is 36.8 Å². The highest BCUT2D eigenvalue weighted by atomic mass is 79.9. The standard InChI is InChI=1S/C11H20BrN3O/c1-8(7-16-5)14(3)6-10-11(12)9(2)13-15(10)4/h8H,6-7H2,1-5H3. The lowest BCUT2D eigenvalue weighted by molar-refractivity contribution is 0.110. The Labute approximate surface area is 106 Å². The van der Waals surface area contributed by atoms with Gasteiger partial charge < -0.3 is 4.74 Å². The molecule has 1 atom stereocenters. The zero-order chi connectivity index (χ0) is 12.3. The van der Waals surface area contributed by atoms with Crippen molar-refractivity contribution in [3.05, 3.63) is 15.9 Å². The molecule has 1 rings (SSSR count). The third-order valence-corrected chi connectivity index (χ3v) is 3.85. The summed E-state index contributed by atoms with van der Waals surface area (Å²) >= 11 is 3.58. The number of nitrogens with zero attached hydrogens (tertiary/aromatic N) is 3. The summed E-state index contributed by atoms with van der Waals surface area (Å²) < 4.78 is 8.18. The average Bonchev–Trinajstić information content (AvgIpc) is 2.45. The molecule has 1 heterocycles. The third-order valence-electron chi connectivity index (χ3n) is 2.82. The molecule has 0 N–H and O–H groups in total. The zero-order valence-electron chi connectivity index (χ0n) is 10.6. The number of ether oxygens (including phenoxy) is 1. The van der Waals surface area contributed by atoms with Crippen LogP contribution in [0.25, 0.3) is 0 Å². The van der Waals surface area contributed by atoms with E-state index in [1.807, 2.05) is 18.7 Å². The van der Waals surface area contributed by atoms with Crippen molar-refractivity contribution in [2.24, 2.45) is 7.05 Å². The van der Waals surface area contributed by atoms with Crippen LogP contribution in [-0.2, 0) is 18.3 Å². The van der Waals surface area contributed by atoms with Crippen molar-refractivity contribution in [3.8, 4) is 0 Å². The molecule has 0 aliphatic carbocycles. The molecule has 1 aromatic heterocycles. The minimum atomic E-state index is 0.395. The van der Waals surface area contributed by atoms with Gasteiger partial charge in [0.2, 0.25) is 0 Å². The molecule has 92 valence electrons. The summed E-state index contributed by atoms with van der Waals surface area (Å²) in [5, 5.41) is 4.38. The Morgan fingerprint density at radius 1 is 1.56 bits per heavy atom. The molecule has 5 heteroatoms. The van der Waals surface area contributed by atoms with E-state index >= 15 is 0 Å². The second kappa shape index (κ2) is 5.80. The van der Waals surface area contributed by atoms with Gasteiger partial charge in [0.05, 0.1) is 22.5 Å². The minimum Gasteiger partial charge on any atom is -0.383 e. The Bertz CT molecular complexity index is 351. The highest BCUT2D eigenvalue weighted by molar-refractivity contribution is 9.10. The van der Waals surface area contributed by atoms with Crippen LogP contribution >= 0.6 is 15.9 Å². The van der Waals surface area contributed by atoms with Gasteiger partial charge in [-0.1, -0.05) is 0 Å². The van der Waals surface area contributed by atoms with Crippen molar-refractivity contribution in [3.63, 3.8) is 0 Å². The topological polar surface area (TPSA) is 30.3 Å². The maximum Gasteiger partial charge on any atom is 0.0739 e. The molecule has 0 aromatic carbocycles. The van der Waals surface area contributed by atoms with Crippen molar-refractivity contribution in [2.75, 3.05) is 20.8 Å². The highest BCUT2D eigenvalue weighted by Gasteiger charge is 2.15. The summed E-state index contributed by atoms with van der Waals surface area (Å²) in [5.74, 6) is 0. The molecule has 0 amide bonds. The Balaban J connectivity index is 2.72. The van der Waals surface area contributed by atoms with E-state index in [0.29, 0.717) is 6.04 Å². The highest BCUT2D eigenvalue weighted by Crippen LogP contribution is 2.21. The molecule has 0 fully saturated rings. The average molecular weight is 290 g/mol. The molecule has 0 aliphatic rings. The van der Waals surface area contributed by atoms with Crippen LogP contribution in [0.15, 0.2) is 4.47 Å². The van der Waals surface area contributed by atoms with Gasteiger partial charge in [0.1, 0.15) is 0 Å². The smallest absolute Gasteiger partial charge is 0.0739 e. The molecular weight excluding hydrogens is 270 g/mol. The second-order valence-electron chi connectivity index (χ2n) is 4.19. The number of aryl methyl sites for hydroxylation is 2. The zero-order valence-corrected chi connectivity index (χ0v) is 12.2. The van der Waals surface area contributed by atoms with Crippen LogP contribution in [0, 0.1) is 6.92 Å². The molecule has 0 radical (unpaired) electrons. The first-order valence-corrected chi connectivity index (χ1v) is 6.13. The fourth-order valence-electron chi connectivity index (χ4n) is 1.61. The second-order valence-corrected chi connectivity index (χ2v) is 4.98. The van der Waals surface area contributed by atoms with E-state index in [1.54, 1.807) is 7.11 Å². The fraction of sp³-hybridized carbons (Fsp3) is 0.727. The van der Waals surface area contributed by atoms with E-state index in [4.69, 9.17) is 4.74 Å². The van der Waals surface area contributed by atoms with Crippen LogP contribution in [0.4, 0.5) is 0 Å². The van der Waals surface area contributed by atoms with Crippen LogP contribution in [0.5, 0.6) is 0 Å². The monoisotopic (exact) mass is 289 g/mol. The third kappa shape index (κ3) is 3.06. The molecule has 0 saturated heterocycles. The number of hydrogen-bond donors (Lipinski definition) is 0. The molecule has 16 heavy (non-hydrogen) atoms. The summed E-state index contributed by atoms with van der Waals surface area (Å²) in [4.78, 5) is 2.25. The number of halogens is 1. The molecule has 4 nitrogen and oxygen atoms in total. The molecule has 0 spiro atoms. The Hall–Kier alpha value is -0.390. The number of aromatic nitrogens is 2. The van der Waals surface area contributed by atoms with E-state index in [-0.39, 0.29) is 0 Å². The Morgan fingerprint density at radius 2 is 2.19 bits per heavy atom. The summed E-state index contributed by atoms with van der Waals surface area (Å²) in [6.07, 6.45) is 0. The molecule has 0 aliphatic heterocycles. The predicted octanol–water partition coefficient (Wildman–Crippen LogP) is 1.96. The van der Waals surface area contributed by atoms with Gasteiger partial charge in [0.15, 0.2) is 0 Å². The maximum atomic E-state index is 5.15. The first-order valence-electron chi connectivity index (χ1n) is 5.34. The number of methoxy groups -OCH3 is 1. The van der Waals surface area contributed by atoms with Crippen molar-refractivity contribution < 1.29 is 4.74 Å². The van der Waals surface area contributed by atoms with Crippen molar-refractivity contribution >= 4 is 15.9 Å². The molecule has 1 unspecified atom stereocenters. The number of likely N-dealkylation sites (N-methyl/N-ethyl adjacent to an activating group) is 1. The van der Waals surface area contributed by atoms with Gasteiger partial charge >= 0.3 is 0 Å². The summed E-state index contributed by atoms with van der Waals surface area (Å²) in [6, 6.07) is 0.395. The van der Waals surface area contributed by atoms with Gasteiger partial charge in [0.25, 0.3) is 0 Å². The van der Waals surface area contributed by atoms with Crippen molar-refractivity contribution in [2.45, 2.75) is 26.4 Å². The molecule has 1 aromatic rings. The van der Waals surface area contributed by atoms with Gasteiger partial charge in [-0.25, -0.2) is 0 Å². The van der Waals surface area contributed by atoms with Crippen LogP contribution < -0.4 is 0 Å². The van der Waals surface area contributed by atoms with Crippen LogP contribution in [-0.4, -0.2) is 41.5 Å². The maximum absolute atomic E-state index is 5.15.